The van der Waals surface area contributed by atoms with Gasteiger partial charge < -0.3 is 10.1 Å². The van der Waals surface area contributed by atoms with E-state index in [1.165, 1.54) is 6.07 Å². The summed E-state index contributed by atoms with van der Waals surface area (Å²) >= 11 is 0. The number of benzene rings is 1. The molecule has 3 nitrogen and oxygen atoms in total. The van der Waals surface area contributed by atoms with Crippen LogP contribution in [0.15, 0.2) is 18.2 Å². The fourth-order valence-corrected chi connectivity index (χ4v) is 1.33. The van der Waals surface area contributed by atoms with Gasteiger partial charge in [-0.2, -0.15) is 5.26 Å². The van der Waals surface area contributed by atoms with Gasteiger partial charge in [-0.15, -0.1) is 0 Å². The molecule has 0 heterocycles. The van der Waals surface area contributed by atoms with Gasteiger partial charge in [-0.25, -0.2) is 4.39 Å². The third-order valence-corrected chi connectivity index (χ3v) is 2.30. The van der Waals surface area contributed by atoms with E-state index in [1.54, 1.807) is 12.1 Å². The van der Waals surface area contributed by atoms with Gasteiger partial charge in [0.05, 0.1) is 23.9 Å². The maximum atomic E-state index is 13.4. The highest BCUT2D eigenvalue weighted by atomic mass is 19.1. The molecule has 1 rings (SSSR count). The molecular weight excluding hydrogens is 219 g/mol. The van der Waals surface area contributed by atoms with E-state index in [0.717, 1.165) is 19.4 Å². The lowest BCUT2D eigenvalue weighted by atomic mass is 10.2. The molecule has 0 aliphatic carbocycles. The molecule has 0 unspecified atom stereocenters. The van der Waals surface area contributed by atoms with Gasteiger partial charge in [-0.3, -0.25) is 0 Å². The smallest absolute Gasteiger partial charge is 0.147 e. The van der Waals surface area contributed by atoms with Gasteiger partial charge in [0.25, 0.3) is 0 Å². The topological polar surface area (TPSA) is 45.0 Å². The van der Waals surface area contributed by atoms with Crippen molar-refractivity contribution in [2.24, 2.45) is 0 Å². The Morgan fingerprint density at radius 3 is 2.88 bits per heavy atom. The van der Waals surface area contributed by atoms with Crippen LogP contribution in [-0.2, 0) is 4.74 Å². The number of hydrogen-bond acceptors (Lipinski definition) is 3. The lowest BCUT2D eigenvalue weighted by Gasteiger charge is -2.08. The lowest BCUT2D eigenvalue weighted by Crippen LogP contribution is -2.11. The first-order chi connectivity index (χ1) is 8.27. The summed E-state index contributed by atoms with van der Waals surface area (Å²) in [6.45, 7) is 3.97. The van der Waals surface area contributed by atoms with Crippen molar-refractivity contribution in [1.82, 2.24) is 0 Å². The molecule has 0 spiro atoms. The van der Waals surface area contributed by atoms with Crippen LogP contribution >= 0.6 is 0 Å². The maximum Gasteiger partial charge on any atom is 0.147 e. The Hall–Kier alpha value is -1.60. The number of unbranched alkanes of at least 4 members (excludes halogenated alkanes) is 1. The molecule has 0 atom stereocenters. The third kappa shape index (κ3) is 4.83. The van der Waals surface area contributed by atoms with Crippen LogP contribution < -0.4 is 5.32 Å². The standard InChI is InChI=1S/C13H17FN2O/c1-2-3-7-17-8-6-16-13-5-4-11(10-15)9-12(13)14/h4-5,9,16H,2-3,6-8H2,1H3. The fraction of sp³-hybridized carbons (Fsp3) is 0.462. The predicted molar refractivity (Wildman–Crippen MR) is 65.3 cm³/mol. The quantitative estimate of drug-likeness (QED) is 0.740. The SMILES string of the molecule is CCCCOCCNc1ccc(C#N)cc1F. The van der Waals surface area contributed by atoms with Crippen molar-refractivity contribution < 1.29 is 9.13 Å². The molecular formula is C13H17FN2O. The first-order valence-corrected chi connectivity index (χ1v) is 5.79. The molecule has 4 heteroatoms. The average molecular weight is 236 g/mol. The molecule has 0 radical (unpaired) electrons. The Balaban J connectivity index is 2.30. The summed E-state index contributed by atoms with van der Waals surface area (Å²) in [6, 6.07) is 6.27. The Labute approximate surface area is 101 Å². The van der Waals surface area contributed by atoms with Crippen molar-refractivity contribution in [3.8, 4) is 6.07 Å². The van der Waals surface area contributed by atoms with Crippen LogP contribution in [0.25, 0.3) is 0 Å². The Morgan fingerprint density at radius 1 is 1.41 bits per heavy atom. The fourth-order valence-electron chi connectivity index (χ4n) is 1.33. The average Bonchev–Trinajstić information content (AvgIpc) is 2.35. The second-order valence-corrected chi connectivity index (χ2v) is 3.70. The van der Waals surface area contributed by atoms with Crippen molar-refractivity contribution in [2.45, 2.75) is 19.8 Å². The summed E-state index contributed by atoms with van der Waals surface area (Å²) in [5.74, 6) is -0.405. The van der Waals surface area contributed by atoms with E-state index in [4.69, 9.17) is 10.00 Å². The van der Waals surface area contributed by atoms with Crippen molar-refractivity contribution in [1.29, 1.82) is 5.26 Å². The van der Waals surface area contributed by atoms with Crippen LogP contribution in [0.2, 0.25) is 0 Å². The number of rotatable bonds is 7. The number of hydrogen-bond donors (Lipinski definition) is 1. The number of halogens is 1. The van der Waals surface area contributed by atoms with E-state index < -0.39 is 5.82 Å². The number of anilines is 1. The van der Waals surface area contributed by atoms with Gasteiger partial charge >= 0.3 is 0 Å². The van der Waals surface area contributed by atoms with Crippen LogP contribution in [-0.4, -0.2) is 19.8 Å². The van der Waals surface area contributed by atoms with E-state index in [1.807, 2.05) is 6.07 Å². The third-order valence-electron chi connectivity index (χ3n) is 2.30. The summed E-state index contributed by atoms with van der Waals surface area (Å²) in [6.07, 6.45) is 2.16. The second-order valence-electron chi connectivity index (χ2n) is 3.70. The zero-order chi connectivity index (χ0) is 12.5. The van der Waals surface area contributed by atoms with Crippen molar-refractivity contribution in [2.75, 3.05) is 25.1 Å². The van der Waals surface area contributed by atoms with E-state index in [9.17, 15) is 4.39 Å². The monoisotopic (exact) mass is 236 g/mol. The molecule has 0 aliphatic heterocycles. The molecule has 0 aromatic heterocycles. The molecule has 0 saturated carbocycles. The largest absolute Gasteiger partial charge is 0.380 e. The summed E-state index contributed by atoms with van der Waals surface area (Å²) in [5.41, 5.74) is 0.732. The molecule has 92 valence electrons. The van der Waals surface area contributed by atoms with Gasteiger partial charge in [-0.05, 0) is 24.6 Å². The summed E-state index contributed by atoms with van der Waals surface area (Å²) < 4.78 is 18.8. The van der Waals surface area contributed by atoms with Crippen molar-refractivity contribution >= 4 is 5.69 Å². The highest BCUT2D eigenvalue weighted by molar-refractivity contribution is 5.48. The molecule has 1 aromatic carbocycles. The van der Waals surface area contributed by atoms with Gasteiger partial charge in [-0.1, -0.05) is 13.3 Å². The minimum absolute atomic E-state index is 0.326. The molecule has 17 heavy (non-hydrogen) atoms. The van der Waals surface area contributed by atoms with Crippen LogP contribution in [0.4, 0.5) is 10.1 Å². The molecule has 0 amide bonds. The number of nitrogens with one attached hydrogen (secondary N) is 1. The Bertz CT molecular complexity index is 387. The first-order valence-electron chi connectivity index (χ1n) is 5.79. The van der Waals surface area contributed by atoms with Crippen LogP contribution in [0, 0.1) is 17.1 Å². The first kappa shape index (κ1) is 13.5. The molecule has 0 bridgehead atoms. The van der Waals surface area contributed by atoms with E-state index in [2.05, 4.69) is 12.2 Å². The predicted octanol–water partition coefficient (Wildman–Crippen LogP) is 2.93. The van der Waals surface area contributed by atoms with Crippen molar-refractivity contribution in [3.05, 3.63) is 29.6 Å². The van der Waals surface area contributed by atoms with Gasteiger partial charge in [0.2, 0.25) is 0 Å². The van der Waals surface area contributed by atoms with E-state index in [-0.39, 0.29) is 0 Å². The van der Waals surface area contributed by atoms with E-state index >= 15 is 0 Å². The van der Waals surface area contributed by atoms with Crippen LogP contribution in [0.3, 0.4) is 0 Å². The summed E-state index contributed by atoms with van der Waals surface area (Å²) in [7, 11) is 0. The highest BCUT2D eigenvalue weighted by Crippen LogP contribution is 2.14. The number of nitrogens with zero attached hydrogens (tertiary/aromatic N) is 1. The zero-order valence-corrected chi connectivity index (χ0v) is 10.0. The van der Waals surface area contributed by atoms with Crippen molar-refractivity contribution in [3.63, 3.8) is 0 Å². The highest BCUT2D eigenvalue weighted by Gasteiger charge is 2.02. The minimum atomic E-state index is -0.405. The molecule has 0 fully saturated rings. The number of ether oxygens (including phenoxy) is 1. The van der Waals surface area contributed by atoms with Gasteiger partial charge in [0.15, 0.2) is 0 Å². The Morgan fingerprint density at radius 2 is 2.24 bits per heavy atom. The van der Waals surface area contributed by atoms with Gasteiger partial charge in [0, 0.05) is 13.2 Å². The molecule has 0 saturated heterocycles. The molecule has 1 aromatic rings. The Kier molecular flexibility index (Phi) is 6.05. The lowest BCUT2D eigenvalue weighted by molar-refractivity contribution is 0.141. The normalized spacial score (nSPS) is 9.94. The number of nitriles is 1. The molecule has 0 aliphatic rings. The van der Waals surface area contributed by atoms with Crippen LogP contribution in [0.5, 0.6) is 0 Å². The van der Waals surface area contributed by atoms with Crippen LogP contribution in [0.1, 0.15) is 25.3 Å². The van der Waals surface area contributed by atoms with E-state index in [0.29, 0.717) is 24.4 Å². The zero-order valence-electron chi connectivity index (χ0n) is 10.0. The summed E-state index contributed by atoms with van der Waals surface area (Å²) in [5, 5.41) is 11.5. The van der Waals surface area contributed by atoms with Gasteiger partial charge in [0.1, 0.15) is 5.82 Å². The minimum Gasteiger partial charge on any atom is -0.380 e. The second kappa shape index (κ2) is 7.64. The maximum absolute atomic E-state index is 13.4. The molecule has 1 N–H and O–H groups in total. The summed E-state index contributed by atoms with van der Waals surface area (Å²) in [4.78, 5) is 0.